The van der Waals surface area contributed by atoms with Gasteiger partial charge in [-0.3, -0.25) is 0 Å². The minimum Gasteiger partial charge on any atom is -0.207 e. The topological polar surface area (TPSA) is 0 Å². The van der Waals surface area contributed by atoms with Crippen LogP contribution in [0.3, 0.4) is 0 Å². The molecule has 1 aliphatic carbocycles. The molecule has 0 spiro atoms. The Kier molecular flexibility index (Phi) is 3.47. The van der Waals surface area contributed by atoms with E-state index in [0.717, 1.165) is 19.3 Å². The van der Waals surface area contributed by atoms with Crippen molar-refractivity contribution in [1.29, 1.82) is 0 Å². The molecule has 3 rings (SSSR count). The van der Waals surface area contributed by atoms with Crippen LogP contribution >= 0.6 is 11.6 Å². The highest BCUT2D eigenvalue weighted by atomic mass is 35.5. The number of hydrogen-bond acceptors (Lipinski definition) is 0. The minimum atomic E-state index is -0.957. The van der Waals surface area contributed by atoms with Crippen molar-refractivity contribution in [3.8, 4) is 0 Å². The second-order valence-electron chi connectivity index (χ2n) is 5.03. The molecule has 0 bridgehead atoms. The molecule has 0 aliphatic heterocycles. The SMILES string of the molecule is Fc1cc(F)c(C(Cl)c2ccc3c(c2)CCC3)c(F)c1. The number of rotatable bonds is 2. The Bertz CT molecular complexity index is 644. The van der Waals surface area contributed by atoms with Crippen LogP contribution in [0.25, 0.3) is 0 Å². The van der Waals surface area contributed by atoms with E-state index >= 15 is 0 Å². The van der Waals surface area contributed by atoms with Crippen LogP contribution in [0.2, 0.25) is 0 Å². The minimum absolute atomic E-state index is 0.300. The molecule has 0 fully saturated rings. The van der Waals surface area contributed by atoms with E-state index in [2.05, 4.69) is 0 Å². The van der Waals surface area contributed by atoms with Gasteiger partial charge in [-0.2, -0.15) is 0 Å². The molecule has 0 heterocycles. The Morgan fingerprint density at radius 3 is 2.25 bits per heavy atom. The number of aryl methyl sites for hydroxylation is 2. The molecule has 2 aromatic rings. The standard InChI is InChI=1S/C16H12ClF3/c17-16(15-13(19)7-12(18)8-14(15)20)11-5-4-9-2-1-3-10(9)6-11/h4-8,16H,1-3H2. The molecular formula is C16H12ClF3. The average molecular weight is 297 g/mol. The highest BCUT2D eigenvalue weighted by Gasteiger charge is 2.22. The first-order valence-corrected chi connectivity index (χ1v) is 6.90. The predicted molar refractivity (Wildman–Crippen MR) is 72.5 cm³/mol. The van der Waals surface area contributed by atoms with E-state index in [-0.39, 0.29) is 5.56 Å². The summed E-state index contributed by atoms with van der Waals surface area (Å²) in [6, 6.07) is 6.93. The molecule has 0 aromatic heterocycles. The normalized spacial score (nSPS) is 15.2. The summed E-state index contributed by atoms with van der Waals surface area (Å²) in [7, 11) is 0. The average Bonchev–Trinajstić information content (AvgIpc) is 2.84. The number of benzene rings is 2. The van der Waals surface area contributed by atoms with Gasteiger partial charge in [-0.15, -0.1) is 11.6 Å². The van der Waals surface area contributed by atoms with E-state index in [4.69, 9.17) is 11.6 Å². The van der Waals surface area contributed by atoms with Crippen molar-refractivity contribution in [3.63, 3.8) is 0 Å². The van der Waals surface area contributed by atoms with Crippen LogP contribution in [-0.2, 0) is 12.8 Å². The van der Waals surface area contributed by atoms with E-state index in [1.165, 1.54) is 11.1 Å². The maximum absolute atomic E-state index is 13.8. The van der Waals surface area contributed by atoms with Gasteiger partial charge in [-0.1, -0.05) is 18.2 Å². The monoisotopic (exact) mass is 296 g/mol. The lowest BCUT2D eigenvalue weighted by Crippen LogP contribution is -2.03. The lowest BCUT2D eigenvalue weighted by Gasteiger charge is -2.14. The van der Waals surface area contributed by atoms with Crippen LogP contribution in [0.15, 0.2) is 30.3 Å². The fraction of sp³-hybridized carbons (Fsp3) is 0.250. The van der Waals surface area contributed by atoms with Gasteiger partial charge in [0.1, 0.15) is 17.5 Å². The van der Waals surface area contributed by atoms with Crippen LogP contribution in [0.1, 0.15) is 34.1 Å². The summed E-state index contributed by atoms with van der Waals surface area (Å²) >= 11 is 6.19. The zero-order chi connectivity index (χ0) is 14.3. The molecule has 1 atom stereocenters. The summed E-state index contributed by atoms with van der Waals surface area (Å²) in [5.41, 5.74) is 2.77. The van der Waals surface area contributed by atoms with E-state index in [1.807, 2.05) is 12.1 Å². The van der Waals surface area contributed by atoms with E-state index in [0.29, 0.717) is 17.7 Å². The zero-order valence-corrected chi connectivity index (χ0v) is 11.4. The first-order chi connectivity index (χ1) is 9.56. The Labute approximate surface area is 120 Å². The predicted octanol–water partition coefficient (Wildman–Crippen LogP) is 4.92. The van der Waals surface area contributed by atoms with Crippen molar-refractivity contribution in [2.75, 3.05) is 0 Å². The lowest BCUT2D eigenvalue weighted by atomic mass is 9.99. The maximum Gasteiger partial charge on any atom is 0.134 e. The van der Waals surface area contributed by atoms with Gasteiger partial charge in [0.25, 0.3) is 0 Å². The van der Waals surface area contributed by atoms with E-state index < -0.39 is 22.8 Å². The van der Waals surface area contributed by atoms with Gasteiger partial charge in [-0.25, -0.2) is 13.2 Å². The lowest BCUT2D eigenvalue weighted by molar-refractivity contribution is 0.526. The quantitative estimate of drug-likeness (QED) is 0.690. The highest BCUT2D eigenvalue weighted by molar-refractivity contribution is 6.22. The summed E-state index contributed by atoms with van der Waals surface area (Å²) in [4.78, 5) is 0. The fourth-order valence-corrected chi connectivity index (χ4v) is 3.06. The first-order valence-electron chi connectivity index (χ1n) is 6.46. The molecule has 20 heavy (non-hydrogen) atoms. The second-order valence-corrected chi connectivity index (χ2v) is 5.46. The van der Waals surface area contributed by atoms with Crippen molar-refractivity contribution < 1.29 is 13.2 Å². The third-order valence-electron chi connectivity index (χ3n) is 3.71. The molecule has 4 heteroatoms. The molecule has 0 saturated carbocycles. The van der Waals surface area contributed by atoms with Gasteiger partial charge in [-0.05, 0) is 36.0 Å². The third kappa shape index (κ3) is 2.31. The number of fused-ring (bicyclic) bond motifs is 1. The number of halogens is 4. The van der Waals surface area contributed by atoms with Crippen LogP contribution < -0.4 is 0 Å². The highest BCUT2D eigenvalue weighted by Crippen LogP contribution is 2.35. The van der Waals surface area contributed by atoms with Crippen molar-refractivity contribution in [2.45, 2.75) is 24.6 Å². The third-order valence-corrected chi connectivity index (χ3v) is 4.18. The number of alkyl halides is 1. The summed E-state index contributed by atoms with van der Waals surface area (Å²) in [5.74, 6) is -2.85. The van der Waals surface area contributed by atoms with Gasteiger partial charge in [0.15, 0.2) is 0 Å². The van der Waals surface area contributed by atoms with Crippen molar-refractivity contribution in [2.24, 2.45) is 0 Å². The summed E-state index contributed by atoms with van der Waals surface area (Å²) in [5, 5.41) is -0.957. The molecule has 1 aliphatic rings. The van der Waals surface area contributed by atoms with Gasteiger partial charge < -0.3 is 0 Å². The summed E-state index contributed by atoms with van der Waals surface area (Å²) in [6.45, 7) is 0. The molecule has 0 N–H and O–H groups in total. The molecule has 104 valence electrons. The summed E-state index contributed by atoms with van der Waals surface area (Å²) < 4.78 is 40.4. The van der Waals surface area contributed by atoms with Crippen molar-refractivity contribution in [1.82, 2.24) is 0 Å². The van der Waals surface area contributed by atoms with Crippen LogP contribution in [0.5, 0.6) is 0 Å². The second kappa shape index (κ2) is 5.13. The van der Waals surface area contributed by atoms with E-state index in [9.17, 15) is 13.2 Å². The molecule has 1 unspecified atom stereocenters. The molecule has 0 radical (unpaired) electrons. The van der Waals surface area contributed by atoms with Crippen molar-refractivity contribution >= 4 is 11.6 Å². The summed E-state index contributed by atoms with van der Waals surface area (Å²) in [6.07, 6.45) is 3.08. The van der Waals surface area contributed by atoms with Gasteiger partial charge >= 0.3 is 0 Å². The molecule has 0 amide bonds. The van der Waals surface area contributed by atoms with Gasteiger partial charge in [0, 0.05) is 17.7 Å². The molecule has 0 saturated heterocycles. The van der Waals surface area contributed by atoms with Crippen LogP contribution in [-0.4, -0.2) is 0 Å². The van der Waals surface area contributed by atoms with Crippen LogP contribution in [0.4, 0.5) is 13.2 Å². The largest absolute Gasteiger partial charge is 0.207 e. The smallest absolute Gasteiger partial charge is 0.134 e. The van der Waals surface area contributed by atoms with Gasteiger partial charge in [0.2, 0.25) is 0 Å². The Balaban J connectivity index is 2.03. The van der Waals surface area contributed by atoms with Crippen molar-refractivity contribution in [3.05, 3.63) is 70.0 Å². The van der Waals surface area contributed by atoms with Crippen LogP contribution in [0, 0.1) is 17.5 Å². The maximum atomic E-state index is 13.8. The molecular weight excluding hydrogens is 285 g/mol. The zero-order valence-electron chi connectivity index (χ0n) is 10.6. The Morgan fingerprint density at radius 2 is 1.55 bits per heavy atom. The molecule has 0 nitrogen and oxygen atoms in total. The van der Waals surface area contributed by atoms with Gasteiger partial charge in [0.05, 0.1) is 5.38 Å². The molecule has 2 aromatic carbocycles. The first kappa shape index (κ1) is 13.5. The van der Waals surface area contributed by atoms with E-state index in [1.54, 1.807) is 6.07 Å². The Hall–Kier alpha value is -1.48. The fourth-order valence-electron chi connectivity index (χ4n) is 2.71. The Morgan fingerprint density at radius 1 is 0.900 bits per heavy atom. The number of hydrogen-bond donors (Lipinski definition) is 0.